The van der Waals surface area contributed by atoms with Gasteiger partial charge in [0.15, 0.2) is 0 Å². The molecule has 0 radical (unpaired) electrons. The minimum absolute atomic E-state index is 0.0500. The summed E-state index contributed by atoms with van der Waals surface area (Å²) in [6.07, 6.45) is 1.03. The molecule has 4 heteroatoms. The molecule has 1 aliphatic rings. The number of nitrogens with zero attached hydrogens (tertiary/aromatic N) is 1. The molecule has 0 aliphatic heterocycles. The molecule has 1 amide bonds. The van der Waals surface area contributed by atoms with Crippen molar-refractivity contribution in [3.05, 3.63) is 81.3 Å². The van der Waals surface area contributed by atoms with Crippen LogP contribution in [0.4, 0.5) is 0 Å². The maximum atomic E-state index is 12.7. The number of carbonyl (C=O) groups excluding carboxylic acids is 1. The van der Waals surface area contributed by atoms with Gasteiger partial charge in [-0.2, -0.15) is 0 Å². The van der Waals surface area contributed by atoms with Crippen LogP contribution in [0.15, 0.2) is 53.9 Å². The van der Waals surface area contributed by atoms with Gasteiger partial charge in [0.05, 0.1) is 12.1 Å². The first-order chi connectivity index (χ1) is 12.1. The first kappa shape index (κ1) is 16.2. The number of benzene rings is 1. The summed E-state index contributed by atoms with van der Waals surface area (Å²) in [6.45, 7) is 4.94. The maximum Gasteiger partial charge on any atom is 0.253 e. The molecule has 1 fully saturated rings. The fourth-order valence-corrected chi connectivity index (χ4v) is 4.19. The lowest BCUT2D eigenvalue weighted by molar-refractivity contribution is 0.0949. The Bertz CT molecular complexity index is 880. The summed E-state index contributed by atoms with van der Waals surface area (Å²) in [7, 11) is 0. The molecule has 2 aromatic heterocycles. The van der Waals surface area contributed by atoms with Crippen LogP contribution in [0.25, 0.3) is 0 Å². The Morgan fingerprint density at radius 1 is 1.20 bits per heavy atom. The molecule has 3 aromatic rings. The molecule has 1 saturated carbocycles. The zero-order valence-corrected chi connectivity index (χ0v) is 15.3. The summed E-state index contributed by atoms with van der Waals surface area (Å²) >= 11 is 1.75. The van der Waals surface area contributed by atoms with Gasteiger partial charge in [-0.25, -0.2) is 0 Å². The van der Waals surface area contributed by atoms with E-state index in [9.17, 15) is 4.79 Å². The van der Waals surface area contributed by atoms with E-state index >= 15 is 0 Å². The van der Waals surface area contributed by atoms with Crippen LogP contribution in [0.5, 0.6) is 0 Å². The third-order valence-corrected chi connectivity index (χ3v) is 5.91. The van der Waals surface area contributed by atoms with Crippen molar-refractivity contribution in [2.75, 3.05) is 0 Å². The van der Waals surface area contributed by atoms with E-state index in [4.69, 9.17) is 0 Å². The normalized spacial score (nSPS) is 19.0. The van der Waals surface area contributed by atoms with Crippen LogP contribution in [-0.4, -0.2) is 16.5 Å². The lowest BCUT2D eigenvalue weighted by atomic mass is 10.1. The molecular weight excluding hydrogens is 328 g/mol. The van der Waals surface area contributed by atoms with Crippen molar-refractivity contribution < 1.29 is 4.79 Å². The minimum Gasteiger partial charge on any atom is -0.349 e. The van der Waals surface area contributed by atoms with Gasteiger partial charge in [-0.15, -0.1) is 11.3 Å². The number of hydrogen-bond acceptors (Lipinski definition) is 2. The lowest BCUT2D eigenvalue weighted by Gasteiger charge is -2.09. The van der Waals surface area contributed by atoms with Gasteiger partial charge in [-0.1, -0.05) is 36.4 Å². The summed E-state index contributed by atoms with van der Waals surface area (Å²) in [4.78, 5) is 14.0. The fraction of sp³-hybridized carbons (Fsp3) is 0.286. The minimum atomic E-state index is 0.0500. The molecule has 25 heavy (non-hydrogen) atoms. The zero-order valence-electron chi connectivity index (χ0n) is 14.5. The Balaban J connectivity index is 1.46. The van der Waals surface area contributed by atoms with E-state index in [0.717, 1.165) is 29.9 Å². The smallest absolute Gasteiger partial charge is 0.253 e. The molecule has 3 nitrogen and oxygen atoms in total. The van der Waals surface area contributed by atoms with E-state index in [1.165, 1.54) is 10.4 Å². The highest BCUT2D eigenvalue weighted by atomic mass is 32.1. The molecule has 0 bridgehead atoms. The van der Waals surface area contributed by atoms with E-state index in [1.807, 2.05) is 19.1 Å². The zero-order chi connectivity index (χ0) is 17.4. The quantitative estimate of drug-likeness (QED) is 0.722. The Morgan fingerprint density at radius 3 is 2.72 bits per heavy atom. The van der Waals surface area contributed by atoms with Crippen molar-refractivity contribution in [1.29, 1.82) is 0 Å². The number of aryl methyl sites for hydroxylation is 1. The van der Waals surface area contributed by atoms with Gasteiger partial charge in [-0.05, 0) is 43.3 Å². The predicted octanol–water partition coefficient (Wildman–Crippen LogP) is 4.50. The van der Waals surface area contributed by atoms with Crippen molar-refractivity contribution in [2.24, 2.45) is 0 Å². The largest absolute Gasteiger partial charge is 0.349 e. The summed E-state index contributed by atoms with van der Waals surface area (Å²) < 4.78 is 2.22. The second kappa shape index (κ2) is 6.52. The van der Waals surface area contributed by atoms with Crippen molar-refractivity contribution >= 4 is 17.2 Å². The molecule has 4 rings (SSSR count). The van der Waals surface area contributed by atoms with Crippen LogP contribution >= 0.6 is 11.3 Å². The van der Waals surface area contributed by atoms with E-state index < -0.39 is 0 Å². The van der Waals surface area contributed by atoms with Crippen LogP contribution in [0, 0.1) is 13.8 Å². The number of hydrogen-bond donors (Lipinski definition) is 1. The van der Waals surface area contributed by atoms with Gasteiger partial charge in [-0.3, -0.25) is 4.79 Å². The molecule has 2 unspecified atom stereocenters. The molecule has 1 N–H and O–H groups in total. The van der Waals surface area contributed by atoms with Crippen molar-refractivity contribution in [3.63, 3.8) is 0 Å². The predicted molar refractivity (Wildman–Crippen MR) is 102 cm³/mol. The van der Waals surface area contributed by atoms with Gasteiger partial charge in [0.1, 0.15) is 0 Å². The third-order valence-electron chi connectivity index (χ3n) is 5.05. The Kier molecular flexibility index (Phi) is 4.22. The summed E-state index contributed by atoms with van der Waals surface area (Å²) in [5.41, 5.74) is 4.29. The second-order valence-electron chi connectivity index (χ2n) is 6.78. The average Bonchev–Trinajstić information content (AvgIpc) is 3.07. The lowest BCUT2D eigenvalue weighted by Crippen LogP contribution is -2.27. The molecule has 2 atom stereocenters. The van der Waals surface area contributed by atoms with Crippen molar-refractivity contribution in [3.8, 4) is 0 Å². The van der Waals surface area contributed by atoms with Gasteiger partial charge in [0.2, 0.25) is 0 Å². The van der Waals surface area contributed by atoms with E-state index in [2.05, 4.69) is 58.6 Å². The number of carbonyl (C=O) groups is 1. The van der Waals surface area contributed by atoms with Gasteiger partial charge >= 0.3 is 0 Å². The molecule has 1 aliphatic carbocycles. The number of aromatic nitrogens is 1. The van der Waals surface area contributed by atoms with E-state index in [1.54, 1.807) is 11.3 Å². The Labute approximate surface area is 152 Å². The first-order valence-corrected chi connectivity index (χ1v) is 9.56. The monoisotopic (exact) mass is 350 g/mol. The Hall–Kier alpha value is -2.33. The van der Waals surface area contributed by atoms with E-state index in [-0.39, 0.29) is 11.9 Å². The molecule has 1 aromatic carbocycles. The second-order valence-corrected chi connectivity index (χ2v) is 7.82. The van der Waals surface area contributed by atoms with E-state index in [0.29, 0.717) is 5.92 Å². The number of rotatable bonds is 5. The number of nitrogens with one attached hydrogen (secondary N) is 1. The molecule has 2 heterocycles. The highest BCUT2D eigenvalue weighted by Crippen LogP contribution is 2.40. The third kappa shape index (κ3) is 3.27. The Morgan fingerprint density at radius 2 is 2.00 bits per heavy atom. The number of thiophene rings is 1. The molecule has 128 valence electrons. The summed E-state index contributed by atoms with van der Waals surface area (Å²) in [5, 5.41) is 5.30. The van der Waals surface area contributed by atoms with Crippen LogP contribution < -0.4 is 5.32 Å². The standard InChI is InChI=1S/C21H22N2OS/c1-14-11-18(15(2)23(14)13-17-9-6-10-25-17)21(24)22-20-12-19(20)16-7-4-3-5-8-16/h3-11,19-20H,12-13H2,1-2H3,(H,22,24). The number of amides is 1. The van der Waals surface area contributed by atoms with Crippen LogP contribution in [-0.2, 0) is 6.54 Å². The summed E-state index contributed by atoms with van der Waals surface area (Å²) in [6, 6.07) is 16.9. The maximum absolute atomic E-state index is 12.7. The first-order valence-electron chi connectivity index (χ1n) is 8.68. The highest BCUT2D eigenvalue weighted by Gasteiger charge is 2.39. The van der Waals surface area contributed by atoms with Crippen LogP contribution in [0.1, 0.15) is 44.5 Å². The van der Waals surface area contributed by atoms with Crippen LogP contribution in [0.3, 0.4) is 0 Å². The highest BCUT2D eigenvalue weighted by molar-refractivity contribution is 7.09. The van der Waals surface area contributed by atoms with Gasteiger partial charge in [0, 0.05) is 28.2 Å². The summed E-state index contributed by atoms with van der Waals surface area (Å²) in [5.74, 6) is 0.508. The average molecular weight is 350 g/mol. The van der Waals surface area contributed by atoms with Crippen molar-refractivity contribution in [1.82, 2.24) is 9.88 Å². The topological polar surface area (TPSA) is 34.0 Å². The van der Waals surface area contributed by atoms with Crippen molar-refractivity contribution in [2.45, 2.75) is 38.8 Å². The molecule has 0 saturated heterocycles. The fourth-order valence-electron chi connectivity index (χ4n) is 3.50. The van der Waals surface area contributed by atoms with Crippen LogP contribution in [0.2, 0.25) is 0 Å². The van der Waals surface area contributed by atoms with Gasteiger partial charge < -0.3 is 9.88 Å². The van der Waals surface area contributed by atoms with Gasteiger partial charge in [0.25, 0.3) is 5.91 Å². The SMILES string of the molecule is Cc1cc(C(=O)NC2CC2c2ccccc2)c(C)n1Cc1cccs1. The molecular formula is C21H22N2OS. The molecule has 0 spiro atoms.